The lowest BCUT2D eigenvalue weighted by atomic mass is 9.96. The number of carbonyl (C=O) groups excluding carboxylic acids is 1. The Bertz CT molecular complexity index is 714. The van der Waals surface area contributed by atoms with Crippen LogP contribution in [-0.2, 0) is 0 Å². The molecule has 0 bridgehead atoms. The summed E-state index contributed by atoms with van der Waals surface area (Å²) in [6.45, 7) is 5.59. The number of rotatable bonds is 7. The second kappa shape index (κ2) is 9.20. The summed E-state index contributed by atoms with van der Waals surface area (Å²) in [5.41, 5.74) is 2.06. The third-order valence-corrected chi connectivity index (χ3v) is 5.35. The first-order valence-electron chi connectivity index (χ1n) is 9.16. The highest BCUT2D eigenvalue weighted by Crippen LogP contribution is 2.21. The number of likely N-dealkylation sites (tertiary alicyclic amines) is 1. The normalized spacial score (nSPS) is 16.9. The Morgan fingerprint density at radius 3 is 2.81 bits per heavy atom. The summed E-state index contributed by atoms with van der Waals surface area (Å²) in [7, 11) is 2.03. The van der Waals surface area contributed by atoms with Crippen LogP contribution in [0.15, 0.2) is 23.8 Å². The number of nitrogens with one attached hydrogen (secondary N) is 1. The minimum Gasteiger partial charge on any atom is -0.392 e. The molecule has 1 saturated heterocycles. The van der Waals surface area contributed by atoms with Crippen LogP contribution < -0.4 is 10.2 Å². The van der Waals surface area contributed by atoms with E-state index in [0.29, 0.717) is 16.6 Å². The van der Waals surface area contributed by atoms with Gasteiger partial charge < -0.3 is 14.9 Å². The summed E-state index contributed by atoms with van der Waals surface area (Å²) in [4.78, 5) is 21.1. The molecule has 27 heavy (non-hydrogen) atoms. The van der Waals surface area contributed by atoms with Crippen LogP contribution in [0.1, 0.15) is 30.1 Å². The van der Waals surface area contributed by atoms with Gasteiger partial charge in [0.15, 0.2) is 0 Å². The van der Waals surface area contributed by atoms with Gasteiger partial charge >= 0.3 is 0 Å². The first-order chi connectivity index (χ1) is 13.0. The molecule has 0 aliphatic carbocycles. The van der Waals surface area contributed by atoms with E-state index >= 15 is 0 Å². The number of hydrogen-bond acceptors (Lipinski definition) is 8. The zero-order valence-corrected chi connectivity index (χ0v) is 16.5. The summed E-state index contributed by atoms with van der Waals surface area (Å²) < 4.78 is 0. The van der Waals surface area contributed by atoms with Crippen LogP contribution in [0.5, 0.6) is 0 Å². The molecule has 8 nitrogen and oxygen atoms in total. The monoisotopic (exact) mass is 390 g/mol. The minimum absolute atomic E-state index is 0.237. The molecule has 1 unspecified atom stereocenters. The molecule has 0 aromatic carbocycles. The summed E-state index contributed by atoms with van der Waals surface area (Å²) >= 11 is 1.28. The number of hydrogen-bond donors (Lipinski definition) is 2. The Hall–Kier alpha value is -2.10. The molecule has 2 N–H and O–H groups in total. The number of carbonyl (C=O) groups is 1. The zero-order chi connectivity index (χ0) is 19.2. The van der Waals surface area contributed by atoms with Crippen LogP contribution in [0.2, 0.25) is 0 Å². The smallest absolute Gasteiger partial charge is 0.259 e. The predicted molar refractivity (Wildman–Crippen MR) is 106 cm³/mol. The van der Waals surface area contributed by atoms with E-state index in [1.54, 1.807) is 17.8 Å². The van der Waals surface area contributed by atoms with E-state index in [-0.39, 0.29) is 12.0 Å². The molecule has 1 amide bonds. The third-order valence-electron chi connectivity index (χ3n) is 4.74. The Labute approximate surface area is 163 Å². The minimum atomic E-state index is -0.268. The Balaban J connectivity index is 1.49. The van der Waals surface area contributed by atoms with Crippen molar-refractivity contribution in [3.63, 3.8) is 0 Å². The van der Waals surface area contributed by atoms with Crippen LogP contribution in [-0.4, -0.2) is 70.4 Å². The van der Waals surface area contributed by atoms with Gasteiger partial charge in [0.05, 0.1) is 11.7 Å². The molecule has 1 atom stereocenters. The lowest BCUT2D eigenvalue weighted by Gasteiger charge is -2.34. The number of nitrogens with zero attached hydrogens (tertiary/aromatic N) is 5. The molecule has 2 aromatic heterocycles. The van der Waals surface area contributed by atoms with Crippen LogP contribution in [0.3, 0.4) is 0 Å². The Morgan fingerprint density at radius 2 is 2.22 bits per heavy atom. The zero-order valence-electron chi connectivity index (χ0n) is 15.7. The van der Waals surface area contributed by atoms with Gasteiger partial charge in [-0.25, -0.2) is 4.98 Å². The maximum Gasteiger partial charge on any atom is 0.259 e. The van der Waals surface area contributed by atoms with Gasteiger partial charge in [-0.15, -0.1) is 10.2 Å². The first kappa shape index (κ1) is 19.7. The first-order valence-corrected chi connectivity index (χ1v) is 10.0. The Morgan fingerprint density at radius 1 is 1.44 bits per heavy atom. The van der Waals surface area contributed by atoms with Crippen LogP contribution >= 0.6 is 11.3 Å². The van der Waals surface area contributed by atoms with Crippen LogP contribution in [0, 0.1) is 5.92 Å². The summed E-state index contributed by atoms with van der Waals surface area (Å²) in [6, 6.07) is 3.65. The average molecular weight is 391 g/mol. The molecule has 2 aromatic rings. The standard InChI is InChI=1S/C18H26N6O2S/c1-13(25)10-24-7-5-14(6-8-24)11-23(2)16-4-3-15(9-19-16)17(26)21-18-22-20-12-27-18/h3-4,9,12-14,25H,5-8,10-11H2,1-2H3,(H,21,22,26). The lowest BCUT2D eigenvalue weighted by molar-refractivity contribution is 0.101. The number of aromatic nitrogens is 3. The number of amides is 1. The number of piperidine rings is 1. The fourth-order valence-corrected chi connectivity index (χ4v) is 3.79. The van der Waals surface area contributed by atoms with Crippen molar-refractivity contribution in [2.45, 2.75) is 25.9 Å². The van der Waals surface area contributed by atoms with Gasteiger partial charge in [0.2, 0.25) is 5.13 Å². The van der Waals surface area contributed by atoms with Gasteiger partial charge in [-0.3, -0.25) is 10.1 Å². The van der Waals surface area contributed by atoms with Crippen LogP contribution in [0.25, 0.3) is 0 Å². The highest BCUT2D eigenvalue weighted by atomic mass is 32.1. The molecule has 1 aliphatic heterocycles. The van der Waals surface area contributed by atoms with E-state index in [4.69, 9.17) is 0 Å². The third kappa shape index (κ3) is 5.69. The largest absolute Gasteiger partial charge is 0.392 e. The van der Waals surface area contributed by atoms with Crippen molar-refractivity contribution >= 4 is 28.2 Å². The van der Waals surface area contributed by atoms with Gasteiger partial charge in [0.1, 0.15) is 11.3 Å². The van der Waals surface area contributed by atoms with E-state index < -0.39 is 0 Å². The van der Waals surface area contributed by atoms with E-state index in [2.05, 4.69) is 30.3 Å². The fraction of sp³-hybridized carbons (Fsp3) is 0.556. The maximum absolute atomic E-state index is 12.2. The number of aliphatic hydroxyl groups excluding tert-OH is 1. The van der Waals surface area contributed by atoms with Crippen molar-refractivity contribution in [3.8, 4) is 0 Å². The quantitative estimate of drug-likeness (QED) is 0.743. The highest BCUT2D eigenvalue weighted by molar-refractivity contribution is 7.13. The molecular weight excluding hydrogens is 364 g/mol. The topological polar surface area (TPSA) is 94.5 Å². The molecule has 0 radical (unpaired) electrons. The Kier molecular flexibility index (Phi) is 6.70. The van der Waals surface area contributed by atoms with Crippen molar-refractivity contribution in [3.05, 3.63) is 29.4 Å². The number of aliphatic hydroxyl groups is 1. The number of anilines is 2. The average Bonchev–Trinajstić information content (AvgIpc) is 3.16. The number of pyridine rings is 1. The van der Waals surface area contributed by atoms with Gasteiger partial charge in [0.25, 0.3) is 5.91 Å². The molecule has 0 spiro atoms. The second-order valence-corrected chi connectivity index (χ2v) is 7.91. The molecule has 3 heterocycles. The van der Waals surface area contributed by atoms with E-state index in [9.17, 15) is 9.90 Å². The second-order valence-electron chi connectivity index (χ2n) is 7.08. The van der Waals surface area contributed by atoms with Crippen molar-refractivity contribution in [2.75, 3.05) is 43.4 Å². The van der Waals surface area contributed by atoms with E-state index in [1.807, 2.05) is 20.0 Å². The molecule has 3 rings (SSSR count). The van der Waals surface area contributed by atoms with E-state index in [0.717, 1.165) is 44.8 Å². The lowest BCUT2D eigenvalue weighted by Crippen LogP contribution is -2.40. The maximum atomic E-state index is 12.2. The summed E-state index contributed by atoms with van der Waals surface area (Å²) in [5.74, 6) is 1.23. The molecule has 146 valence electrons. The predicted octanol–water partition coefficient (Wildman–Crippen LogP) is 1.71. The summed E-state index contributed by atoms with van der Waals surface area (Å²) in [5, 5.41) is 20.2. The van der Waals surface area contributed by atoms with Gasteiger partial charge in [-0.1, -0.05) is 11.3 Å². The van der Waals surface area contributed by atoms with Crippen molar-refractivity contribution < 1.29 is 9.90 Å². The van der Waals surface area contributed by atoms with E-state index in [1.165, 1.54) is 11.3 Å². The molecule has 0 saturated carbocycles. The summed E-state index contributed by atoms with van der Waals surface area (Å²) in [6.07, 6.45) is 3.57. The van der Waals surface area contributed by atoms with Crippen LogP contribution in [0.4, 0.5) is 10.9 Å². The van der Waals surface area contributed by atoms with Gasteiger partial charge in [-0.2, -0.15) is 0 Å². The van der Waals surface area contributed by atoms with Gasteiger partial charge in [0, 0.05) is 26.3 Å². The van der Waals surface area contributed by atoms with Crippen molar-refractivity contribution in [2.24, 2.45) is 5.92 Å². The molecule has 1 aliphatic rings. The van der Waals surface area contributed by atoms with Crippen molar-refractivity contribution in [1.29, 1.82) is 0 Å². The fourth-order valence-electron chi connectivity index (χ4n) is 3.35. The SMILES string of the molecule is CC(O)CN1CCC(CN(C)c2ccc(C(=O)Nc3nncs3)cn2)CC1. The molecule has 9 heteroatoms. The van der Waals surface area contributed by atoms with Gasteiger partial charge in [-0.05, 0) is 50.9 Å². The molecule has 1 fully saturated rings. The highest BCUT2D eigenvalue weighted by Gasteiger charge is 2.21. The number of β-amino-alcohol motifs (C(OH)–C–C–N with tert-alkyl or cyclic N) is 1. The molecular formula is C18H26N6O2S. The van der Waals surface area contributed by atoms with Crippen molar-refractivity contribution in [1.82, 2.24) is 20.1 Å².